The van der Waals surface area contributed by atoms with Crippen LogP contribution >= 0.6 is 23.2 Å². The molecule has 18 heavy (non-hydrogen) atoms. The Labute approximate surface area is 118 Å². The van der Waals surface area contributed by atoms with Gasteiger partial charge in [-0.3, -0.25) is 0 Å². The van der Waals surface area contributed by atoms with Gasteiger partial charge in [-0.05, 0) is 48.1 Å². The van der Waals surface area contributed by atoms with Crippen LogP contribution in [0.5, 0.6) is 0 Å². The van der Waals surface area contributed by atoms with Crippen molar-refractivity contribution in [3.63, 3.8) is 0 Å². The summed E-state index contributed by atoms with van der Waals surface area (Å²) in [7, 11) is 0. The molecule has 0 aliphatic heterocycles. The van der Waals surface area contributed by atoms with Crippen molar-refractivity contribution in [2.24, 2.45) is 5.92 Å². The van der Waals surface area contributed by atoms with E-state index in [1.54, 1.807) is 12.1 Å². The van der Waals surface area contributed by atoms with E-state index in [2.05, 4.69) is 0 Å². The van der Waals surface area contributed by atoms with Crippen molar-refractivity contribution in [1.29, 1.82) is 0 Å². The third-order valence-corrected chi connectivity index (χ3v) is 4.19. The van der Waals surface area contributed by atoms with E-state index in [4.69, 9.17) is 23.2 Å². The van der Waals surface area contributed by atoms with Crippen LogP contribution < -0.4 is 0 Å². The highest BCUT2D eigenvalue weighted by atomic mass is 35.5. The third-order valence-electron chi connectivity index (χ3n) is 3.61. The predicted molar refractivity (Wildman–Crippen MR) is 78.1 cm³/mol. The van der Waals surface area contributed by atoms with E-state index in [0.29, 0.717) is 16.0 Å². The summed E-state index contributed by atoms with van der Waals surface area (Å²) in [6.45, 7) is 0.105. The molecule has 1 nitrogen and oxygen atoms in total. The van der Waals surface area contributed by atoms with Crippen LogP contribution in [0.1, 0.15) is 37.7 Å². The maximum atomic E-state index is 9.56. The number of rotatable bonds is 3. The Balaban J connectivity index is 2.24. The molecule has 98 valence electrons. The standard InChI is InChI=1S/C15H18Cl2O/c16-14-6-7-15(17)12(9-14)8-13(10-18)11-4-2-1-3-5-11/h6-9,11,18H,1-5,10H2/b13-8-. The first-order chi connectivity index (χ1) is 8.70. The van der Waals surface area contributed by atoms with Crippen LogP contribution in [0.25, 0.3) is 6.08 Å². The average Bonchev–Trinajstić information content (AvgIpc) is 2.41. The van der Waals surface area contributed by atoms with E-state index in [1.165, 1.54) is 32.1 Å². The summed E-state index contributed by atoms with van der Waals surface area (Å²) in [5, 5.41) is 10.9. The molecule has 0 radical (unpaired) electrons. The molecule has 1 aromatic carbocycles. The van der Waals surface area contributed by atoms with Gasteiger partial charge in [0.25, 0.3) is 0 Å². The van der Waals surface area contributed by atoms with Crippen LogP contribution in [0, 0.1) is 5.92 Å². The van der Waals surface area contributed by atoms with E-state index in [9.17, 15) is 5.11 Å². The molecule has 0 atom stereocenters. The normalized spacial score (nSPS) is 18.1. The lowest BCUT2D eigenvalue weighted by molar-refractivity contribution is 0.295. The minimum absolute atomic E-state index is 0.105. The molecular formula is C15H18Cl2O. The minimum atomic E-state index is 0.105. The van der Waals surface area contributed by atoms with Gasteiger partial charge in [-0.2, -0.15) is 0 Å². The summed E-state index contributed by atoms with van der Waals surface area (Å²) in [6, 6.07) is 5.43. The van der Waals surface area contributed by atoms with Crippen LogP contribution in [0.15, 0.2) is 23.8 Å². The first-order valence-electron chi connectivity index (χ1n) is 6.47. The molecule has 2 rings (SSSR count). The van der Waals surface area contributed by atoms with E-state index in [0.717, 1.165) is 11.1 Å². The van der Waals surface area contributed by atoms with Gasteiger partial charge in [0.2, 0.25) is 0 Å². The molecule has 0 saturated heterocycles. The summed E-state index contributed by atoms with van der Waals surface area (Å²) in [6.07, 6.45) is 8.17. The molecule has 0 spiro atoms. The molecule has 1 aliphatic rings. The Morgan fingerprint density at radius 3 is 2.61 bits per heavy atom. The zero-order valence-corrected chi connectivity index (χ0v) is 11.8. The van der Waals surface area contributed by atoms with Crippen molar-refractivity contribution < 1.29 is 5.11 Å². The fraction of sp³-hybridized carbons (Fsp3) is 0.467. The van der Waals surface area contributed by atoms with E-state index in [-0.39, 0.29) is 6.61 Å². The lowest BCUT2D eigenvalue weighted by Gasteiger charge is -2.23. The Morgan fingerprint density at radius 2 is 1.94 bits per heavy atom. The highest BCUT2D eigenvalue weighted by Crippen LogP contribution is 2.32. The predicted octanol–water partition coefficient (Wildman–Crippen LogP) is 4.95. The summed E-state index contributed by atoms with van der Waals surface area (Å²) >= 11 is 12.1. The second kappa shape index (κ2) is 6.60. The Morgan fingerprint density at radius 1 is 1.22 bits per heavy atom. The number of hydrogen-bond donors (Lipinski definition) is 1. The summed E-state index contributed by atoms with van der Waals surface area (Å²) < 4.78 is 0. The molecule has 0 aromatic heterocycles. The average molecular weight is 285 g/mol. The SMILES string of the molecule is OC/C(=C/c1cc(Cl)ccc1Cl)C1CCCCC1. The van der Waals surface area contributed by atoms with E-state index in [1.807, 2.05) is 12.1 Å². The van der Waals surface area contributed by atoms with Gasteiger partial charge in [-0.1, -0.05) is 48.5 Å². The third kappa shape index (κ3) is 3.50. The van der Waals surface area contributed by atoms with Crippen LogP contribution in [-0.2, 0) is 0 Å². The van der Waals surface area contributed by atoms with Gasteiger partial charge in [-0.25, -0.2) is 0 Å². The molecule has 1 N–H and O–H groups in total. The van der Waals surface area contributed by atoms with E-state index < -0.39 is 0 Å². The molecule has 0 unspecified atom stereocenters. The lowest BCUT2D eigenvalue weighted by atomic mass is 9.83. The maximum Gasteiger partial charge on any atom is 0.0647 e. The van der Waals surface area contributed by atoms with Crippen LogP contribution in [-0.4, -0.2) is 11.7 Å². The van der Waals surface area contributed by atoms with E-state index >= 15 is 0 Å². The molecule has 0 heterocycles. The molecular weight excluding hydrogens is 267 g/mol. The number of hydrogen-bond acceptors (Lipinski definition) is 1. The van der Waals surface area contributed by atoms with Crippen molar-refractivity contribution in [1.82, 2.24) is 0 Å². The molecule has 1 aliphatic carbocycles. The summed E-state index contributed by atoms with van der Waals surface area (Å²) in [4.78, 5) is 0. The minimum Gasteiger partial charge on any atom is -0.392 e. The largest absolute Gasteiger partial charge is 0.392 e. The van der Waals surface area contributed by atoms with Gasteiger partial charge in [0.1, 0.15) is 0 Å². The lowest BCUT2D eigenvalue weighted by Crippen LogP contribution is -2.11. The fourth-order valence-corrected chi connectivity index (χ4v) is 2.94. The molecule has 0 bridgehead atoms. The van der Waals surface area contributed by atoms with Crippen molar-refractivity contribution in [3.8, 4) is 0 Å². The van der Waals surface area contributed by atoms with Gasteiger partial charge in [-0.15, -0.1) is 0 Å². The maximum absolute atomic E-state index is 9.56. The Hall–Kier alpha value is -0.500. The van der Waals surface area contributed by atoms with Crippen molar-refractivity contribution in [3.05, 3.63) is 39.4 Å². The monoisotopic (exact) mass is 284 g/mol. The smallest absolute Gasteiger partial charge is 0.0647 e. The number of aliphatic hydroxyl groups excluding tert-OH is 1. The van der Waals surface area contributed by atoms with Crippen LogP contribution in [0.4, 0.5) is 0 Å². The zero-order valence-electron chi connectivity index (χ0n) is 10.3. The van der Waals surface area contributed by atoms with Crippen LogP contribution in [0.2, 0.25) is 10.0 Å². The second-order valence-electron chi connectivity index (χ2n) is 4.88. The van der Waals surface area contributed by atoms with Gasteiger partial charge in [0.05, 0.1) is 6.61 Å². The first-order valence-corrected chi connectivity index (χ1v) is 7.22. The van der Waals surface area contributed by atoms with Gasteiger partial charge < -0.3 is 5.11 Å². The molecule has 1 saturated carbocycles. The van der Waals surface area contributed by atoms with Gasteiger partial charge in [0.15, 0.2) is 0 Å². The summed E-state index contributed by atoms with van der Waals surface area (Å²) in [5.74, 6) is 0.499. The quantitative estimate of drug-likeness (QED) is 0.833. The second-order valence-corrected chi connectivity index (χ2v) is 5.72. The van der Waals surface area contributed by atoms with Crippen LogP contribution in [0.3, 0.4) is 0 Å². The topological polar surface area (TPSA) is 20.2 Å². The van der Waals surface area contributed by atoms with Gasteiger partial charge >= 0.3 is 0 Å². The van der Waals surface area contributed by atoms with Crippen molar-refractivity contribution >= 4 is 29.3 Å². The van der Waals surface area contributed by atoms with Crippen molar-refractivity contribution in [2.45, 2.75) is 32.1 Å². The molecule has 1 aromatic rings. The molecule has 3 heteroatoms. The number of benzene rings is 1. The first kappa shape index (κ1) is 13.9. The molecule has 1 fully saturated rings. The zero-order chi connectivity index (χ0) is 13.0. The summed E-state index contributed by atoms with van der Waals surface area (Å²) in [5.41, 5.74) is 1.98. The fourth-order valence-electron chi connectivity index (χ4n) is 2.59. The van der Waals surface area contributed by atoms with Crippen molar-refractivity contribution in [2.75, 3.05) is 6.61 Å². The molecule has 0 amide bonds. The Bertz CT molecular complexity index is 434. The Kier molecular flexibility index (Phi) is 5.11. The highest BCUT2D eigenvalue weighted by molar-refractivity contribution is 6.34. The highest BCUT2D eigenvalue weighted by Gasteiger charge is 2.17. The number of halogens is 2. The number of aliphatic hydroxyl groups is 1. The van der Waals surface area contributed by atoms with Gasteiger partial charge in [0, 0.05) is 10.0 Å².